The molecule has 0 radical (unpaired) electrons. The molecule has 2 nitrogen and oxygen atoms in total. The highest BCUT2D eigenvalue weighted by molar-refractivity contribution is 6.10. The Balaban J connectivity index is 1.24. The molecule has 0 unspecified atom stereocenters. The monoisotopic (exact) mass is 688 g/mol. The average Bonchev–Trinajstić information content (AvgIpc) is 3.59. The van der Waals surface area contributed by atoms with E-state index >= 15 is 0 Å². The summed E-state index contributed by atoms with van der Waals surface area (Å²) in [6, 6.07) is 79.0. The summed E-state index contributed by atoms with van der Waals surface area (Å²) in [5.74, 6) is 0. The Morgan fingerprint density at radius 1 is 0.315 bits per heavy atom. The van der Waals surface area contributed by atoms with E-state index < -0.39 is 0 Å². The first-order valence-corrected chi connectivity index (χ1v) is 18.5. The van der Waals surface area contributed by atoms with Crippen molar-refractivity contribution in [3.63, 3.8) is 0 Å². The lowest BCUT2D eigenvalue weighted by Crippen LogP contribution is -2.13. The minimum absolute atomic E-state index is 1.09. The number of hydrogen-bond acceptors (Lipinski definition) is 1. The van der Waals surface area contributed by atoms with Crippen molar-refractivity contribution in [1.82, 2.24) is 4.57 Å². The maximum atomic E-state index is 2.46. The first-order chi connectivity index (χ1) is 26.8. The Kier molecular flexibility index (Phi) is 7.85. The van der Waals surface area contributed by atoms with Gasteiger partial charge in [0.1, 0.15) is 0 Å². The lowest BCUT2D eigenvalue weighted by atomic mass is 9.97. The number of para-hydroxylation sites is 2. The maximum absolute atomic E-state index is 2.46. The molecule has 0 N–H and O–H groups in total. The van der Waals surface area contributed by atoms with Crippen molar-refractivity contribution < 1.29 is 0 Å². The molecule has 0 aliphatic heterocycles. The van der Waals surface area contributed by atoms with Crippen LogP contribution in [0, 0.1) is 0 Å². The van der Waals surface area contributed by atoms with E-state index in [1.54, 1.807) is 0 Å². The zero-order valence-corrected chi connectivity index (χ0v) is 29.7. The number of benzene rings is 9. The predicted octanol–water partition coefficient (Wildman–Crippen LogP) is 14.4. The SMILES string of the molecule is c1ccc(-c2ccc(N(c3ccc(-c4ccccc4)cc3)c3ccc(-c4cccc5ccccc45)cc3-n3c4ccccc4c4ccccc43)cc2)cc1. The summed E-state index contributed by atoms with van der Waals surface area (Å²) in [4.78, 5) is 2.41. The summed E-state index contributed by atoms with van der Waals surface area (Å²) in [6.45, 7) is 0. The number of anilines is 3. The summed E-state index contributed by atoms with van der Waals surface area (Å²) >= 11 is 0. The Hall–Kier alpha value is -7.16. The molecular formula is C52H36N2. The van der Waals surface area contributed by atoms with Gasteiger partial charge >= 0.3 is 0 Å². The van der Waals surface area contributed by atoms with Crippen molar-refractivity contribution in [3.05, 3.63) is 218 Å². The van der Waals surface area contributed by atoms with E-state index in [4.69, 9.17) is 0 Å². The normalized spacial score (nSPS) is 11.3. The Labute approximate surface area is 315 Å². The second kappa shape index (κ2) is 13.4. The van der Waals surface area contributed by atoms with Crippen LogP contribution in [0.5, 0.6) is 0 Å². The molecule has 2 heteroatoms. The van der Waals surface area contributed by atoms with Crippen LogP contribution in [0.4, 0.5) is 17.1 Å². The lowest BCUT2D eigenvalue weighted by molar-refractivity contribution is 1.15. The summed E-state index contributed by atoms with van der Waals surface area (Å²) in [6.07, 6.45) is 0. The zero-order chi connectivity index (χ0) is 35.8. The van der Waals surface area contributed by atoms with Crippen molar-refractivity contribution in [2.45, 2.75) is 0 Å². The van der Waals surface area contributed by atoms with E-state index in [0.717, 1.165) is 22.7 Å². The van der Waals surface area contributed by atoms with Crippen LogP contribution in [0.15, 0.2) is 218 Å². The fraction of sp³-hybridized carbons (Fsp3) is 0. The van der Waals surface area contributed by atoms with Gasteiger partial charge in [0.05, 0.1) is 22.4 Å². The summed E-state index contributed by atoms with van der Waals surface area (Å²) < 4.78 is 2.46. The van der Waals surface area contributed by atoms with Crippen LogP contribution in [-0.4, -0.2) is 4.57 Å². The largest absolute Gasteiger partial charge is 0.308 e. The average molecular weight is 689 g/mol. The lowest BCUT2D eigenvalue weighted by Gasteiger charge is -2.29. The van der Waals surface area contributed by atoms with Gasteiger partial charge in [0.15, 0.2) is 0 Å². The van der Waals surface area contributed by atoms with Gasteiger partial charge < -0.3 is 9.47 Å². The van der Waals surface area contributed by atoms with Crippen LogP contribution in [0.2, 0.25) is 0 Å². The smallest absolute Gasteiger partial charge is 0.0709 e. The molecule has 0 aliphatic carbocycles. The molecule has 0 aliphatic rings. The molecule has 0 atom stereocenters. The second-order valence-corrected chi connectivity index (χ2v) is 13.8. The molecule has 0 amide bonds. The van der Waals surface area contributed by atoms with Gasteiger partial charge in [-0.1, -0.05) is 170 Å². The predicted molar refractivity (Wildman–Crippen MR) is 229 cm³/mol. The number of fused-ring (bicyclic) bond motifs is 4. The molecule has 54 heavy (non-hydrogen) atoms. The first kappa shape index (κ1) is 31.6. The molecule has 254 valence electrons. The third kappa shape index (κ3) is 5.53. The van der Waals surface area contributed by atoms with Crippen LogP contribution in [0.25, 0.3) is 71.6 Å². The third-order valence-corrected chi connectivity index (χ3v) is 10.6. The molecular weight excluding hydrogens is 653 g/mol. The van der Waals surface area contributed by atoms with Crippen molar-refractivity contribution in [2.75, 3.05) is 4.90 Å². The van der Waals surface area contributed by atoms with Crippen LogP contribution in [-0.2, 0) is 0 Å². The minimum Gasteiger partial charge on any atom is -0.308 e. The van der Waals surface area contributed by atoms with E-state index in [-0.39, 0.29) is 0 Å². The zero-order valence-electron chi connectivity index (χ0n) is 29.7. The fourth-order valence-electron chi connectivity index (χ4n) is 8.01. The van der Waals surface area contributed by atoms with E-state index in [0.29, 0.717) is 0 Å². The molecule has 0 bridgehead atoms. The highest BCUT2D eigenvalue weighted by Gasteiger charge is 2.22. The van der Waals surface area contributed by atoms with Gasteiger partial charge in [0, 0.05) is 22.1 Å². The molecule has 1 heterocycles. The van der Waals surface area contributed by atoms with Gasteiger partial charge in [-0.05, 0) is 92.7 Å². The summed E-state index contributed by atoms with van der Waals surface area (Å²) in [5.41, 5.74) is 13.9. The highest BCUT2D eigenvalue weighted by atomic mass is 15.2. The fourth-order valence-corrected chi connectivity index (χ4v) is 8.01. The van der Waals surface area contributed by atoms with Crippen LogP contribution < -0.4 is 4.90 Å². The van der Waals surface area contributed by atoms with Crippen molar-refractivity contribution in [3.8, 4) is 39.1 Å². The van der Waals surface area contributed by atoms with E-state index in [1.165, 1.54) is 66.0 Å². The van der Waals surface area contributed by atoms with E-state index in [2.05, 4.69) is 228 Å². The molecule has 9 aromatic carbocycles. The van der Waals surface area contributed by atoms with Crippen LogP contribution in [0.3, 0.4) is 0 Å². The van der Waals surface area contributed by atoms with Gasteiger partial charge in [0.2, 0.25) is 0 Å². The third-order valence-electron chi connectivity index (χ3n) is 10.6. The molecule has 0 saturated heterocycles. The van der Waals surface area contributed by atoms with Crippen molar-refractivity contribution in [1.29, 1.82) is 0 Å². The first-order valence-electron chi connectivity index (χ1n) is 18.5. The Bertz CT molecular complexity index is 2760. The quantitative estimate of drug-likeness (QED) is 0.162. The molecule has 10 aromatic rings. The number of hydrogen-bond donors (Lipinski definition) is 0. The number of aromatic nitrogens is 1. The molecule has 0 spiro atoms. The summed E-state index contributed by atoms with van der Waals surface area (Å²) in [5, 5.41) is 4.95. The van der Waals surface area contributed by atoms with Gasteiger partial charge in [-0.15, -0.1) is 0 Å². The van der Waals surface area contributed by atoms with Crippen molar-refractivity contribution in [2.24, 2.45) is 0 Å². The Morgan fingerprint density at radius 2 is 0.759 bits per heavy atom. The van der Waals surface area contributed by atoms with Gasteiger partial charge in [-0.3, -0.25) is 0 Å². The standard InChI is InChI=1S/C52H36N2/c1-3-14-37(15-4-1)39-26-31-43(32-27-39)53(44-33-28-40(29-34-44)38-16-5-2-6-17-38)51-35-30-42(46-23-13-19-41-18-7-8-20-45(41)46)36-52(51)54-49-24-11-9-21-47(49)48-22-10-12-25-50(48)54/h1-36H. The van der Waals surface area contributed by atoms with Gasteiger partial charge in [-0.2, -0.15) is 0 Å². The molecule has 0 saturated carbocycles. The Morgan fingerprint density at radius 3 is 1.33 bits per heavy atom. The molecule has 0 fully saturated rings. The topological polar surface area (TPSA) is 8.17 Å². The van der Waals surface area contributed by atoms with E-state index in [1.807, 2.05) is 0 Å². The number of nitrogens with zero attached hydrogens (tertiary/aromatic N) is 2. The second-order valence-electron chi connectivity index (χ2n) is 13.8. The molecule has 10 rings (SSSR count). The van der Waals surface area contributed by atoms with Gasteiger partial charge in [-0.25, -0.2) is 0 Å². The van der Waals surface area contributed by atoms with Gasteiger partial charge in [0.25, 0.3) is 0 Å². The maximum Gasteiger partial charge on any atom is 0.0709 e. The summed E-state index contributed by atoms with van der Waals surface area (Å²) in [7, 11) is 0. The molecule has 1 aromatic heterocycles. The van der Waals surface area contributed by atoms with Crippen LogP contribution >= 0.6 is 0 Å². The van der Waals surface area contributed by atoms with E-state index in [9.17, 15) is 0 Å². The highest BCUT2D eigenvalue weighted by Crippen LogP contribution is 2.44. The van der Waals surface area contributed by atoms with Crippen LogP contribution in [0.1, 0.15) is 0 Å². The number of rotatable bonds is 7. The minimum atomic E-state index is 1.09. The van der Waals surface area contributed by atoms with Crippen molar-refractivity contribution >= 4 is 49.6 Å².